The van der Waals surface area contributed by atoms with Crippen molar-refractivity contribution in [2.45, 2.75) is 78.6 Å². The average Bonchev–Trinajstić information content (AvgIpc) is 2.75. The van der Waals surface area contributed by atoms with Crippen LogP contribution in [-0.2, 0) is 9.59 Å². The first-order chi connectivity index (χ1) is 16.0. The summed E-state index contributed by atoms with van der Waals surface area (Å²) in [5.74, 6) is -0.997. The molecule has 1 rings (SSSR count). The summed E-state index contributed by atoms with van der Waals surface area (Å²) in [4.78, 5) is 38.4. The van der Waals surface area contributed by atoms with Crippen molar-refractivity contribution in [1.82, 2.24) is 16.0 Å². The summed E-state index contributed by atoms with van der Waals surface area (Å²) in [5, 5.41) is 27.3. The number of hydrogen-bond donors (Lipinski definition) is 4. The lowest BCUT2D eigenvalue weighted by Gasteiger charge is -2.30. The molecule has 9 heteroatoms. The largest absolute Gasteiger partial charge is 0.413 e. The molecule has 0 bridgehead atoms. The summed E-state index contributed by atoms with van der Waals surface area (Å²) >= 11 is 0. The van der Waals surface area contributed by atoms with Crippen LogP contribution < -0.4 is 20.7 Å². The molecule has 0 saturated heterocycles. The summed E-state index contributed by atoms with van der Waals surface area (Å²) in [7, 11) is 0. The zero-order chi connectivity index (χ0) is 25.8. The molecular formula is C25H38N4O5. The van der Waals surface area contributed by atoms with Gasteiger partial charge in [-0.3, -0.25) is 9.59 Å². The van der Waals surface area contributed by atoms with Crippen LogP contribution in [0.25, 0.3) is 0 Å². The molecule has 4 atom stereocenters. The van der Waals surface area contributed by atoms with Gasteiger partial charge in [0.25, 0.3) is 0 Å². The molecule has 0 heterocycles. The molecule has 4 N–H and O–H groups in total. The number of ether oxygens (including phenoxy) is 1. The topological polar surface area (TPSA) is 141 Å². The maximum Gasteiger partial charge on any atom is 0.413 e. The predicted molar refractivity (Wildman–Crippen MR) is 129 cm³/mol. The molecule has 0 aliphatic rings. The van der Waals surface area contributed by atoms with Crippen molar-refractivity contribution in [1.29, 1.82) is 5.26 Å². The van der Waals surface area contributed by atoms with Crippen LogP contribution in [0.3, 0.4) is 0 Å². The molecule has 1 aromatic rings. The lowest BCUT2D eigenvalue weighted by atomic mass is 9.95. The van der Waals surface area contributed by atoms with E-state index in [0.717, 1.165) is 0 Å². The minimum Gasteiger partial charge on any atom is -0.410 e. The van der Waals surface area contributed by atoms with E-state index in [9.17, 15) is 19.5 Å². The quantitative estimate of drug-likeness (QED) is 0.367. The van der Waals surface area contributed by atoms with Crippen LogP contribution in [0.2, 0.25) is 0 Å². The third kappa shape index (κ3) is 9.79. The van der Waals surface area contributed by atoms with Gasteiger partial charge in [0.2, 0.25) is 11.8 Å². The van der Waals surface area contributed by atoms with Crippen molar-refractivity contribution >= 4 is 17.9 Å². The third-order valence-corrected chi connectivity index (χ3v) is 5.24. The molecule has 3 amide bonds. The Bertz CT molecular complexity index is 835. The van der Waals surface area contributed by atoms with E-state index in [-0.39, 0.29) is 24.2 Å². The first-order valence-electron chi connectivity index (χ1n) is 11.6. The van der Waals surface area contributed by atoms with Gasteiger partial charge in [-0.25, -0.2) is 4.79 Å². The van der Waals surface area contributed by atoms with Crippen LogP contribution in [0.1, 0.15) is 54.4 Å². The zero-order valence-electron chi connectivity index (χ0n) is 20.9. The molecule has 0 aliphatic heterocycles. The van der Waals surface area contributed by atoms with Gasteiger partial charge >= 0.3 is 6.09 Å². The Balaban J connectivity index is 2.90. The second-order valence-electron chi connectivity index (χ2n) is 9.47. The molecule has 34 heavy (non-hydrogen) atoms. The van der Waals surface area contributed by atoms with Crippen molar-refractivity contribution in [3.05, 3.63) is 30.3 Å². The number of aliphatic hydroxyl groups is 1. The number of aliphatic hydroxyl groups excluding tert-OH is 1. The minimum absolute atomic E-state index is 0.112. The van der Waals surface area contributed by atoms with E-state index in [0.29, 0.717) is 12.2 Å². The van der Waals surface area contributed by atoms with Crippen molar-refractivity contribution in [3.63, 3.8) is 0 Å². The van der Waals surface area contributed by atoms with Crippen LogP contribution in [-0.4, -0.2) is 47.2 Å². The van der Waals surface area contributed by atoms with E-state index >= 15 is 0 Å². The highest BCUT2D eigenvalue weighted by molar-refractivity contribution is 5.91. The Hall–Kier alpha value is -3.12. The van der Waals surface area contributed by atoms with Gasteiger partial charge in [0.1, 0.15) is 17.8 Å². The number of nitriles is 1. The number of carbonyl (C=O) groups is 3. The molecule has 188 valence electrons. The van der Waals surface area contributed by atoms with E-state index in [2.05, 4.69) is 16.0 Å². The zero-order valence-corrected chi connectivity index (χ0v) is 20.9. The van der Waals surface area contributed by atoms with E-state index in [4.69, 9.17) is 10.00 Å². The second kappa shape index (κ2) is 14.2. The average molecular weight is 475 g/mol. The van der Waals surface area contributed by atoms with Crippen LogP contribution in [0.4, 0.5) is 4.79 Å². The van der Waals surface area contributed by atoms with Crippen molar-refractivity contribution in [3.8, 4) is 11.8 Å². The van der Waals surface area contributed by atoms with Gasteiger partial charge in [-0.1, -0.05) is 59.7 Å². The van der Waals surface area contributed by atoms with Crippen molar-refractivity contribution < 1.29 is 24.2 Å². The van der Waals surface area contributed by atoms with Crippen LogP contribution in [0.15, 0.2) is 30.3 Å². The molecule has 0 fully saturated rings. The van der Waals surface area contributed by atoms with E-state index in [1.165, 1.54) is 0 Å². The Labute approximate surface area is 202 Å². The summed E-state index contributed by atoms with van der Waals surface area (Å²) in [6, 6.07) is 7.95. The summed E-state index contributed by atoms with van der Waals surface area (Å²) in [6.45, 7) is 11.0. The first-order valence-corrected chi connectivity index (χ1v) is 11.6. The van der Waals surface area contributed by atoms with Gasteiger partial charge in [-0.2, -0.15) is 5.26 Å². The number of nitrogens with zero attached hydrogens (tertiary/aromatic N) is 1. The maximum absolute atomic E-state index is 13.0. The van der Waals surface area contributed by atoms with Crippen LogP contribution >= 0.6 is 0 Å². The monoisotopic (exact) mass is 474 g/mol. The second-order valence-corrected chi connectivity index (χ2v) is 9.47. The normalized spacial score (nSPS) is 14.6. The highest BCUT2D eigenvalue weighted by Gasteiger charge is 2.32. The third-order valence-electron chi connectivity index (χ3n) is 5.24. The van der Waals surface area contributed by atoms with E-state index in [1.807, 2.05) is 19.9 Å². The molecule has 1 aromatic carbocycles. The molecule has 0 saturated carbocycles. The Morgan fingerprint density at radius 3 is 1.94 bits per heavy atom. The number of hydrogen-bond acceptors (Lipinski definition) is 6. The highest BCUT2D eigenvalue weighted by atomic mass is 16.6. The Kier molecular flexibility index (Phi) is 12.1. The fourth-order valence-corrected chi connectivity index (χ4v) is 3.39. The molecule has 0 aromatic heterocycles. The summed E-state index contributed by atoms with van der Waals surface area (Å²) < 4.78 is 5.22. The standard InChI is InChI=1S/C25H38N4O5/c1-15(2)14-19(20(30)12-13-26)27-23(31)21(16(3)4)28-24(32)22(17(5)6)29-25(33)34-18-10-8-7-9-11-18/h7-11,15-17,19-22,30H,12,14H2,1-6H3,(H,27,31)(H,28,32)(H,29,33)/t19-,20+,21+,22+/m1/s1. The molecule has 0 spiro atoms. The molecule has 0 radical (unpaired) electrons. The SMILES string of the molecule is CC(C)C[C@@H](NC(=O)[C@@H](NC(=O)[C@@H](NC(=O)Oc1ccccc1)C(C)C)C(C)C)[C@@H](O)CC#N. The minimum atomic E-state index is -1.02. The Morgan fingerprint density at radius 2 is 1.44 bits per heavy atom. The Morgan fingerprint density at radius 1 is 0.912 bits per heavy atom. The lowest BCUT2D eigenvalue weighted by molar-refractivity contribution is -0.132. The highest BCUT2D eigenvalue weighted by Crippen LogP contribution is 2.13. The number of para-hydroxylation sites is 1. The predicted octanol–water partition coefficient (Wildman–Crippen LogP) is 2.75. The maximum atomic E-state index is 13.0. The number of amides is 3. The fourth-order valence-electron chi connectivity index (χ4n) is 3.39. The van der Waals surface area contributed by atoms with Gasteiger partial charge in [0.15, 0.2) is 0 Å². The molecule has 0 unspecified atom stereocenters. The molecule has 9 nitrogen and oxygen atoms in total. The van der Waals surface area contributed by atoms with Crippen LogP contribution in [0, 0.1) is 29.1 Å². The summed E-state index contributed by atoms with van der Waals surface area (Å²) in [5.41, 5.74) is 0. The lowest BCUT2D eigenvalue weighted by Crippen LogP contribution is -2.59. The fraction of sp³-hybridized carbons (Fsp3) is 0.600. The van der Waals surface area contributed by atoms with Crippen molar-refractivity contribution in [2.24, 2.45) is 17.8 Å². The molecular weight excluding hydrogens is 436 g/mol. The van der Waals surface area contributed by atoms with Gasteiger partial charge in [0, 0.05) is 0 Å². The number of rotatable bonds is 12. The smallest absolute Gasteiger partial charge is 0.410 e. The van der Waals surface area contributed by atoms with Gasteiger partial charge in [-0.15, -0.1) is 0 Å². The number of nitrogens with one attached hydrogen (secondary N) is 3. The summed E-state index contributed by atoms with van der Waals surface area (Å²) in [6.07, 6.45) is -1.42. The van der Waals surface area contributed by atoms with Gasteiger partial charge < -0.3 is 25.8 Å². The van der Waals surface area contributed by atoms with E-state index in [1.54, 1.807) is 58.0 Å². The van der Waals surface area contributed by atoms with E-state index < -0.39 is 42.1 Å². The first kappa shape index (κ1) is 28.9. The number of carbonyl (C=O) groups excluding carboxylic acids is 3. The van der Waals surface area contributed by atoms with Crippen molar-refractivity contribution in [2.75, 3.05) is 0 Å². The number of benzene rings is 1. The molecule has 0 aliphatic carbocycles. The van der Waals surface area contributed by atoms with Gasteiger partial charge in [0.05, 0.1) is 24.6 Å². The van der Waals surface area contributed by atoms with Gasteiger partial charge in [-0.05, 0) is 36.3 Å². The van der Waals surface area contributed by atoms with Crippen LogP contribution in [0.5, 0.6) is 5.75 Å².